The van der Waals surface area contributed by atoms with Gasteiger partial charge >= 0.3 is 0 Å². The Morgan fingerprint density at radius 2 is 1.95 bits per heavy atom. The van der Waals surface area contributed by atoms with Gasteiger partial charge in [0.05, 0.1) is 5.56 Å². The van der Waals surface area contributed by atoms with Gasteiger partial charge < -0.3 is 10.2 Å². The third-order valence-electron chi connectivity index (χ3n) is 3.85. The Bertz CT molecular complexity index is 454. The summed E-state index contributed by atoms with van der Waals surface area (Å²) in [7, 11) is 0. The van der Waals surface area contributed by atoms with Gasteiger partial charge in [0, 0.05) is 16.7 Å². The third-order valence-corrected chi connectivity index (χ3v) is 5.28. The quantitative estimate of drug-likeness (QED) is 0.807. The first kappa shape index (κ1) is 15.8. The van der Waals surface area contributed by atoms with E-state index in [1.54, 1.807) is 0 Å². The van der Waals surface area contributed by atoms with Crippen LogP contribution < -0.4 is 5.32 Å². The molecule has 0 saturated carbocycles. The molecule has 0 aromatic heterocycles. The second-order valence-electron chi connectivity index (χ2n) is 5.45. The molecule has 1 saturated heterocycles. The van der Waals surface area contributed by atoms with E-state index in [0.29, 0.717) is 0 Å². The monoisotopic (exact) mass is 386 g/mol. The fourth-order valence-corrected chi connectivity index (χ4v) is 3.21. The largest absolute Gasteiger partial charge is 0.351 e. The van der Waals surface area contributed by atoms with Crippen molar-refractivity contribution in [2.24, 2.45) is 0 Å². The Labute approximate surface area is 135 Å². The second-order valence-corrected chi connectivity index (χ2v) is 6.53. The highest BCUT2D eigenvalue weighted by atomic mass is 127. The van der Waals surface area contributed by atoms with Crippen LogP contribution in [0.5, 0.6) is 0 Å². The van der Waals surface area contributed by atoms with E-state index in [2.05, 4.69) is 32.8 Å². The predicted molar refractivity (Wildman–Crippen MR) is 91.1 cm³/mol. The highest BCUT2D eigenvalue weighted by Crippen LogP contribution is 2.16. The maximum absolute atomic E-state index is 12.2. The number of nitrogens with zero attached hydrogens (tertiary/aromatic N) is 1. The number of benzene rings is 1. The van der Waals surface area contributed by atoms with Gasteiger partial charge in [-0.05, 0) is 67.1 Å². The van der Waals surface area contributed by atoms with Crippen molar-refractivity contribution in [3.8, 4) is 0 Å². The van der Waals surface area contributed by atoms with Crippen LogP contribution in [0.1, 0.15) is 41.6 Å². The minimum Gasteiger partial charge on any atom is -0.351 e. The van der Waals surface area contributed by atoms with Crippen LogP contribution >= 0.6 is 22.6 Å². The van der Waals surface area contributed by atoms with Crippen LogP contribution in [0.3, 0.4) is 0 Å². The van der Waals surface area contributed by atoms with Crippen LogP contribution in [0, 0.1) is 10.5 Å². The van der Waals surface area contributed by atoms with Gasteiger partial charge in [-0.25, -0.2) is 0 Å². The normalized spacial score (nSPS) is 16.7. The molecule has 2 rings (SSSR count). The van der Waals surface area contributed by atoms with Gasteiger partial charge in [0.15, 0.2) is 0 Å². The summed E-state index contributed by atoms with van der Waals surface area (Å²) < 4.78 is 1.05. The summed E-state index contributed by atoms with van der Waals surface area (Å²) in [5.74, 6) is 0.0490. The SMILES string of the molecule is Cc1cccc(C(=O)NCCN2CCCCCC2)c1I. The first-order valence-electron chi connectivity index (χ1n) is 7.44. The Morgan fingerprint density at radius 3 is 2.65 bits per heavy atom. The minimum atomic E-state index is 0.0490. The van der Waals surface area contributed by atoms with Crippen LogP contribution in [0.2, 0.25) is 0 Å². The molecule has 0 atom stereocenters. The topological polar surface area (TPSA) is 32.3 Å². The number of carbonyl (C=O) groups excluding carboxylic acids is 1. The van der Waals surface area contributed by atoms with Crippen LogP contribution in [0.4, 0.5) is 0 Å². The lowest BCUT2D eigenvalue weighted by molar-refractivity contribution is 0.0947. The van der Waals surface area contributed by atoms with Gasteiger partial charge in [0.1, 0.15) is 0 Å². The van der Waals surface area contributed by atoms with Crippen molar-refractivity contribution >= 4 is 28.5 Å². The standard InChI is InChI=1S/C16H23IN2O/c1-13-7-6-8-14(15(13)17)16(20)18-9-12-19-10-4-2-3-5-11-19/h6-8H,2-5,9-12H2,1H3,(H,18,20). The van der Waals surface area contributed by atoms with Gasteiger partial charge in [-0.3, -0.25) is 4.79 Å². The van der Waals surface area contributed by atoms with Crippen molar-refractivity contribution in [3.05, 3.63) is 32.9 Å². The number of hydrogen-bond acceptors (Lipinski definition) is 2. The highest BCUT2D eigenvalue weighted by Gasteiger charge is 2.12. The average molecular weight is 386 g/mol. The number of nitrogens with one attached hydrogen (secondary N) is 1. The maximum atomic E-state index is 12.2. The van der Waals surface area contributed by atoms with Crippen molar-refractivity contribution in [1.82, 2.24) is 10.2 Å². The first-order chi connectivity index (χ1) is 9.68. The molecule has 1 fully saturated rings. The molecule has 1 aliphatic heterocycles. The molecule has 1 N–H and O–H groups in total. The summed E-state index contributed by atoms with van der Waals surface area (Å²) in [5, 5.41) is 3.05. The smallest absolute Gasteiger partial charge is 0.252 e. The number of aryl methyl sites for hydroxylation is 1. The van der Waals surface area contributed by atoms with E-state index in [1.165, 1.54) is 38.8 Å². The summed E-state index contributed by atoms with van der Waals surface area (Å²) in [6.45, 7) is 6.10. The van der Waals surface area contributed by atoms with E-state index in [1.807, 2.05) is 25.1 Å². The molecule has 3 nitrogen and oxygen atoms in total. The Morgan fingerprint density at radius 1 is 1.25 bits per heavy atom. The number of hydrogen-bond donors (Lipinski definition) is 1. The van der Waals surface area contributed by atoms with Crippen LogP contribution in [0.15, 0.2) is 18.2 Å². The van der Waals surface area contributed by atoms with E-state index >= 15 is 0 Å². The minimum absolute atomic E-state index is 0.0490. The number of amides is 1. The van der Waals surface area contributed by atoms with Gasteiger partial charge in [-0.2, -0.15) is 0 Å². The molecule has 1 heterocycles. The van der Waals surface area contributed by atoms with E-state index in [0.717, 1.165) is 27.8 Å². The van der Waals surface area contributed by atoms with Crippen molar-refractivity contribution in [1.29, 1.82) is 0 Å². The van der Waals surface area contributed by atoms with Crippen LogP contribution in [-0.4, -0.2) is 37.0 Å². The molecule has 1 aliphatic rings. The zero-order valence-corrected chi connectivity index (χ0v) is 14.3. The molecule has 1 aromatic carbocycles. The molecule has 0 unspecified atom stereocenters. The van der Waals surface area contributed by atoms with Crippen molar-refractivity contribution in [3.63, 3.8) is 0 Å². The molecular weight excluding hydrogens is 363 g/mol. The van der Waals surface area contributed by atoms with Gasteiger partial charge in [0.2, 0.25) is 0 Å². The zero-order valence-electron chi connectivity index (χ0n) is 12.1. The first-order valence-corrected chi connectivity index (χ1v) is 8.52. The molecule has 0 spiro atoms. The summed E-state index contributed by atoms with van der Waals surface area (Å²) in [6, 6.07) is 5.88. The Balaban J connectivity index is 1.81. The lowest BCUT2D eigenvalue weighted by atomic mass is 10.1. The van der Waals surface area contributed by atoms with Gasteiger partial charge in [-0.15, -0.1) is 0 Å². The molecule has 1 amide bonds. The number of rotatable bonds is 4. The maximum Gasteiger partial charge on any atom is 0.252 e. The molecule has 110 valence electrons. The molecule has 0 aliphatic carbocycles. The molecule has 4 heteroatoms. The molecule has 0 bridgehead atoms. The number of halogens is 1. The van der Waals surface area contributed by atoms with E-state index in [4.69, 9.17) is 0 Å². The molecular formula is C16H23IN2O. The molecule has 20 heavy (non-hydrogen) atoms. The zero-order chi connectivity index (χ0) is 14.4. The Kier molecular flexibility index (Phi) is 6.29. The van der Waals surface area contributed by atoms with Crippen LogP contribution in [-0.2, 0) is 0 Å². The van der Waals surface area contributed by atoms with E-state index in [-0.39, 0.29) is 5.91 Å². The summed E-state index contributed by atoms with van der Waals surface area (Å²) >= 11 is 2.25. The fourth-order valence-electron chi connectivity index (χ4n) is 2.61. The molecule has 0 radical (unpaired) electrons. The van der Waals surface area contributed by atoms with E-state index in [9.17, 15) is 4.79 Å². The summed E-state index contributed by atoms with van der Waals surface area (Å²) in [4.78, 5) is 14.7. The highest BCUT2D eigenvalue weighted by molar-refractivity contribution is 14.1. The van der Waals surface area contributed by atoms with Gasteiger partial charge in [0.25, 0.3) is 5.91 Å². The lowest BCUT2D eigenvalue weighted by Crippen LogP contribution is -2.35. The van der Waals surface area contributed by atoms with Crippen molar-refractivity contribution in [2.45, 2.75) is 32.6 Å². The summed E-state index contributed by atoms with van der Waals surface area (Å²) in [5.41, 5.74) is 1.95. The molecule has 1 aromatic rings. The number of likely N-dealkylation sites (tertiary alicyclic amines) is 1. The van der Waals surface area contributed by atoms with Crippen molar-refractivity contribution < 1.29 is 4.79 Å². The third kappa shape index (κ3) is 4.45. The number of carbonyl (C=O) groups is 1. The predicted octanol–water partition coefficient (Wildman–Crippen LogP) is 3.21. The lowest BCUT2D eigenvalue weighted by Gasteiger charge is -2.19. The average Bonchev–Trinajstić information content (AvgIpc) is 2.70. The second kappa shape index (κ2) is 7.98. The van der Waals surface area contributed by atoms with Crippen molar-refractivity contribution in [2.75, 3.05) is 26.2 Å². The van der Waals surface area contributed by atoms with E-state index < -0.39 is 0 Å². The fraction of sp³-hybridized carbons (Fsp3) is 0.562. The summed E-state index contributed by atoms with van der Waals surface area (Å²) in [6.07, 6.45) is 5.29. The Hall–Kier alpha value is -0.620. The van der Waals surface area contributed by atoms with Gasteiger partial charge in [-0.1, -0.05) is 25.0 Å². The van der Waals surface area contributed by atoms with Crippen LogP contribution in [0.25, 0.3) is 0 Å².